The van der Waals surface area contributed by atoms with Gasteiger partial charge in [-0.05, 0) is 37.6 Å². The van der Waals surface area contributed by atoms with E-state index in [1.54, 1.807) is 14.1 Å². The first-order chi connectivity index (χ1) is 9.56. The van der Waals surface area contributed by atoms with Crippen LogP contribution in [-0.4, -0.2) is 44.2 Å². The lowest BCUT2D eigenvalue weighted by atomic mass is 10.1. The van der Waals surface area contributed by atoms with Crippen LogP contribution in [0.5, 0.6) is 5.75 Å². The molecule has 5 heteroatoms. The van der Waals surface area contributed by atoms with Gasteiger partial charge in [-0.2, -0.15) is 0 Å². The zero-order valence-corrected chi connectivity index (χ0v) is 12.3. The fraction of sp³-hybridized carbons (Fsp3) is 0.533. The minimum Gasteiger partial charge on any atom is -0.489 e. The molecular formula is C15H23N3O2. The van der Waals surface area contributed by atoms with Gasteiger partial charge in [-0.3, -0.25) is 0 Å². The number of nitrogens with one attached hydrogen (secondary N) is 2. The third-order valence-electron chi connectivity index (χ3n) is 3.44. The molecule has 2 N–H and O–H groups in total. The van der Waals surface area contributed by atoms with Crippen molar-refractivity contribution in [3.8, 4) is 5.75 Å². The smallest absolute Gasteiger partial charge is 0.317 e. The fourth-order valence-electron chi connectivity index (χ4n) is 2.15. The van der Waals surface area contributed by atoms with Crippen LogP contribution in [0.4, 0.5) is 4.79 Å². The molecule has 0 saturated carbocycles. The van der Waals surface area contributed by atoms with E-state index in [2.05, 4.69) is 10.6 Å². The SMILES string of the molecule is C[C@H](NC(=O)N(C)C)c1ccc(O[C@@H]2CCNC2)cc1. The molecule has 0 unspecified atom stereocenters. The summed E-state index contributed by atoms with van der Waals surface area (Å²) in [5.74, 6) is 0.883. The lowest BCUT2D eigenvalue weighted by Crippen LogP contribution is -2.36. The van der Waals surface area contributed by atoms with Gasteiger partial charge < -0.3 is 20.3 Å². The average Bonchev–Trinajstić information content (AvgIpc) is 2.92. The number of amides is 2. The van der Waals surface area contributed by atoms with Crippen molar-refractivity contribution in [2.45, 2.75) is 25.5 Å². The standard InChI is InChI=1S/C15H23N3O2/c1-11(17-15(19)18(2)3)12-4-6-13(7-5-12)20-14-8-9-16-10-14/h4-7,11,14,16H,8-10H2,1-3H3,(H,17,19)/t11-,14+/m0/s1. The minimum atomic E-state index is -0.0881. The molecule has 110 valence electrons. The van der Waals surface area contributed by atoms with Crippen molar-refractivity contribution < 1.29 is 9.53 Å². The van der Waals surface area contributed by atoms with Gasteiger partial charge in [0.05, 0.1) is 6.04 Å². The van der Waals surface area contributed by atoms with Gasteiger partial charge in [0.15, 0.2) is 0 Å². The fourth-order valence-corrected chi connectivity index (χ4v) is 2.15. The van der Waals surface area contributed by atoms with Crippen molar-refractivity contribution in [3.05, 3.63) is 29.8 Å². The van der Waals surface area contributed by atoms with E-state index in [1.165, 1.54) is 4.90 Å². The number of hydrogen-bond donors (Lipinski definition) is 2. The number of benzene rings is 1. The Morgan fingerprint density at radius 2 is 2.10 bits per heavy atom. The topological polar surface area (TPSA) is 53.6 Å². The average molecular weight is 277 g/mol. The molecular weight excluding hydrogens is 254 g/mol. The second-order valence-electron chi connectivity index (χ2n) is 5.37. The number of hydrogen-bond acceptors (Lipinski definition) is 3. The highest BCUT2D eigenvalue weighted by atomic mass is 16.5. The highest BCUT2D eigenvalue weighted by Crippen LogP contribution is 2.19. The predicted molar refractivity (Wildman–Crippen MR) is 79.0 cm³/mol. The van der Waals surface area contributed by atoms with Gasteiger partial charge in [0.25, 0.3) is 0 Å². The third-order valence-corrected chi connectivity index (χ3v) is 3.44. The van der Waals surface area contributed by atoms with Gasteiger partial charge in [-0.1, -0.05) is 12.1 Å². The number of urea groups is 1. The highest BCUT2D eigenvalue weighted by Gasteiger charge is 2.16. The van der Waals surface area contributed by atoms with E-state index in [0.29, 0.717) is 0 Å². The largest absolute Gasteiger partial charge is 0.489 e. The van der Waals surface area contributed by atoms with Crippen LogP contribution in [0.2, 0.25) is 0 Å². The molecule has 2 atom stereocenters. The molecule has 0 bridgehead atoms. The summed E-state index contributed by atoms with van der Waals surface area (Å²) >= 11 is 0. The molecule has 1 aromatic rings. The molecule has 0 aliphatic carbocycles. The van der Waals surface area contributed by atoms with Crippen LogP contribution in [0.3, 0.4) is 0 Å². The molecule has 1 aliphatic rings. The number of ether oxygens (including phenoxy) is 1. The molecule has 5 nitrogen and oxygen atoms in total. The molecule has 20 heavy (non-hydrogen) atoms. The minimum absolute atomic E-state index is 0.0212. The van der Waals surface area contributed by atoms with Crippen molar-refractivity contribution in [1.29, 1.82) is 0 Å². The number of carbonyl (C=O) groups excluding carboxylic acids is 1. The maximum absolute atomic E-state index is 11.6. The predicted octanol–water partition coefficient (Wildman–Crippen LogP) is 1.76. The van der Waals surface area contributed by atoms with Gasteiger partial charge in [0.1, 0.15) is 11.9 Å². The highest BCUT2D eigenvalue weighted by molar-refractivity contribution is 5.74. The van der Waals surface area contributed by atoms with Crippen LogP contribution in [0.15, 0.2) is 24.3 Å². The van der Waals surface area contributed by atoms with Crippen LogP contribution >= 0.6 is 0 Å². The number of rotatable bonds is 4. The lowest BCUT2D eigenvalue weighted by molar-refractivity contribution is 0.214. The first-order valence-electron chi connectivity index (χ1n) is 7.01. The van der Waals surface area contributed by atoms with E-state index in [1.807, 2.05) is 31.2 Å². The molecule has 0 radical (unpaired) electrons. The van der Waals surface area contributed by atoms with Gasteiger partial charge in [-0.15, -0.1) is 0 Å². The van der Waals surface area contributed by atoms with E-state index < -0.39 is 0 Å². The second-order valence-corrected chi connectivity index (χ2v) is 5.37. The zero-order valence-electron chi connectivity index (χ0n) is 12.3. The molecule has 2 amide bonds. The Hall–Kier alpha value is -1.75. The van der Waals surface area contributed by atoms with E-state index in [0.717, 1.165) is 30.8 Å². The van der Waals surface area contributed by atoms with Crippen molar-refractivity contribution in [2.75, 3.05) is 27.2 Å². The second kappa shape index (κ2) is 6.61. The Bertz CT molecular complexity index is 439. The molecule has 1 fully saturated rings. The summed E-state index contributed by atoms with van der Waals surface area (Å²) in [6.07, 6.45) is 1.32. The van der Waals surface area contributed by atoms with Gasteiger partial charge >= 0.3 is 6.03 Å². The van der Waals surface area contributed by atoms with E-state index in [-0.39, 0.29) is 18.2 Å². The van der Waals surface area contributed by atoms with Gasteiger partial charge in [-0.25, -0.2) is 4.79 Å². The number of nitrogens with zero attached hydrogens (tertiary/aromatic N) is 1. The molecule has 0 aromatic heterocycles. The summed E-state index contributed by atoms with van der Waals surface area (Å²) < 4.78 is 5.87. The lowest BCUT2D eigenvalue weighted by Gasteiger charge is -2.19. The van der Waals surface area contributed by atoms with Crippen molar-refractivity contribution in [3.63, 3.8) is 0 Å². The molecule has 1 saturated heterocycles. The Morgan fingerprint density at radius 1 is 1.40 bits per heavy atom. The molecule has 1 aromatic carbocycles. The molecule has 2 rings (SSSR count). The zero-order chi connectivity index (χ0) is 14.5. The summed E-state index contributed by atoms with van der Waals surface area (Å²) in [6.45, 7) is 3.91. The first-order valence-corrected chi connectivity index (χ1v) is 7.01. The Balaban J connectivity index is 1.91. The van der Waals surface area contributed by atoms with Gasteiger partial charge in [0.2, 0.25) is 0 Å². The van der Waals surface area contributed by atoms with Crippen LogP contribution in [0, 0.1) is 0 Å². The third kappa shape index (κ3) is 3.87. The van der Waals surface area contributed by atoms with E-state index in [9.17, 15) is 4.79 Å². The Kier molecular flexibility index (Phi) is 4.84. The van der Waals surface area contributed by atoms with Crippen LogP contribution in [-0.2, 0) is 0 Å². The quantitative estimate of drug-likeness (QED) is 0.881. The summed E-state index contributed by atoms with van der Waals surface area (Å²) in [5.41, 5.74) is 1.07. The summed E-state index contributed by atoms with van der Waals surface area (Å²) in [5, 5.41) is 6.20. The first kappa shape index (κ1) is 14.7. The number of carbonyl (C=O) groups is 1. The molecule has 0 spiro atoms. The van der Waals surface area contributed by atoms with E-state index in [4.69, 9.17) is 4.74 Å². The van der Waals surface area contributed by atoms with E-state index >= 15 is 0 Å². The Morgan fingerprint density at radius 3 is 2.65 bits per heavy atom. The van der Waals surface area contributed by atoms with Crippen LogP contribution in [0.1, 0.15) is 24.9 Å². The summed E-state index contributed by atoms with van der Waals surface area (Å²) in [6, 6.07) is 7.82. The summed E-state index contributed by atoms with van der Waals surface area (Å²) in [4.78, 5) is 13.1. The molecule has 1 aliphatic heterocycles. The van der Waals surface area contributed by atoms with Crippen molar-refractivity contribution in [2.24, 2.45) is 0 Å². The molecule has 1 heterocycles. The van der Waals surface area contributed by atoms with Crippen LogP contribution in [0.25, 0.3) is 0 Å². The van der Waals surface area contributed by atoms with Crippen molar-refractivity contribution in [1.82, 2.24) is 15.5 Å². The maximum Gasteiger partial charge on any atom is 0.317 e. The van der Waals surface area contributed by atoms with Gasteiger partial charge in [0, 0.05) is 20.6 Å². The normalized spacial score (nSPS) is 19.4. The van der Waals surface area contributed by atoms with Crippen molar-refractivity contribution >= 4 is 6.03 Å². The maximum atomic E-state index is 11.6. The summed E-state index contributed by atoms with van der Waals surface area (Å²) in [7, 11) is 3.46. The monoisotopic (exact) mass is 277 g/mol. The van der Waals surface area contributed by atoms with Crippen LogP contribution < -0.4 is 15.4 Å². The Labute approximate surface area is 120 Å².